The summed E-state index contributed by atoms with van der Waals surface area (Å²) in [6.07, 6.45) is 0. The Balaban J connectivity index is 3.20. The zero-order chi connectivity index (χ0) is 8.43. The van der Waals surface area contributed by atoms with Crippen LogP contribution < -0.4 is 5.73 Å². The second kappa shape index (κ2) is 3.53. The average molecular weight is 325 g/mol. The van der Waals surface area contributed by atoms with Gasteiger partial charge in [-0.2, -0.15) is 0 Å². The van der Waals surface area contributed by atoms with Gasteiger partial charge in [-0.15, -0.1) is 0 Å². The van der Waals surface area contributed by atoms with Gasteiger partial charge in [0, 0.05) is 13.6 Å². The predicted molar refractivity (Wildman–Crippen MR) is 57.9 cm³/mol. The van der Waals surface area contributed by atoms with Crippen LogP contribution in [0.2, 0.25) is 0 Å². The monoisotopic (exact) mass is 324 g/mol. The molecule has 0 aliphatic heterocycles. The Hall–Kier alpha value is -0.100. The smallest absolute Gasteiger partial charge is 0.123 e. The van der Waals surface area contributed by atoms with E-state index in [-0.39, 0.29) is 5.84 Å². The van der Waals surface area contributed by atoms with Gasteiger partial charge in [0.05, 0.1) is 0 Å². The zero-order valence-corrected chi connectivity index (χ0v) is 9.31. The van der Waals surface area contributed by atoms with Gasteiger partial charge in [-0.25, -0.2) is 0 Å². The standard InChI is InChI=1S/C7H6BrIN2/c8-4-1-2-5(7(10)11)6(9)3-4/h1-3H,(H3,10,11). The largest absolute Gasteiger partial charge is 0.384 e. The van der Waals surface area contributed by atoms with Crippen molar-refractivity contribution < 1.29 is 0 Å². The van der Waals surface area contributed by atoms with Crippen molar-refractivity contribution in [2.45, 2.75) is 0 Å². The highest BCUT2D eigenvalue weighted by Crippen LogP contribution is 2.17. The Morgan fingerprint density at radius 3 is 2.64 bits per heavy atom. The number of rotatable bonds is 1. The van der Waals surface area contributed by atoms with Crippen LogP contribution in [0.4, 0.5) is 0 Å². The third-order valence-electron chi connectivity index (χ3n) is 1.22. The molecule has 58 valence electrons. The van der Waals surface area contributed by atoms with E-state index in [0.717, 1.165) is 13.6 Å². The van der Waals surface area contributed by atoms with Crippen molar-refractivity contribution in [1.82, 2.24) is 0 Å². The molecule has 0 saturated carbocycles. The van der Waals surface area contributed by atoms with E-state index in [2.05, 4.69) is 38.5 Å². The Morgan fingerprint density at radius 2 is 2.18 bits per heavy atom. The number of hydrogen-bond acceptors (Lipinski definition) is 1. The molecule has 0 saturated heterocycles. The third kappa shape index (κ3) is 2.16. The fourth-order valence-electron chi connectivity index (χ4n) is 0.708. The van der Waals surface area contributed by atoms with Crippen LogP contribution in [0.1, 0.15) is 5.56 Å². The molecule has 0 aromatic heterocycles. The third-order valence-corrected chi connectivity index (χ3v) is 2.61. The van der Waals surface area contributed by atoms with Crippen LogP contribution in [0, 0.1) is 8.98 Å². The van der Waals surface area contributed by atoms with Crippen molar-refractivity contribution in [3.05, 3.63) is 31.8 Å². The summed E-state index contributed by atoms with van der Waals surface area (Å²) >= 11 is 5.48. The van der Waals surface area contributed by atoms with Gasteiger partial charge in [0.2, 0.25) is 0 Å². The van der Waals surface area contributed by atoms with Gasteiger partial charge in [-0.1, -0.05) is 15.9 Å². The molecular formula is C7H6BrIN2. The highest BCUT2D eigenvalue weighted by molar-refractivity contribution is 14.1. The maximum absolute atomic E-state index is 7.20. The minimum absolute atomic E-state index is 0.113. The van der Waals surface area contributed by atoms with Crippen molar-refractivity contribution in [3.8, 4) is 0 Å². The second-order valence-corrected chi connectivity index (χ2v) is 4.12. The summed E-state index contributed by atoms with van der Waals surface area (Å²) < 4.78 is 2.00. The first-order valence-corrected chi connectivity index (χ1v) is 4.78. The number of nitrogens with one attached hydrogen (secondary N) is 1. The highest BCUT2D eigenvalue weighted by Gasteiger charge is 2.01. The molecule has 11 heavy (non-hydrogen) atoms. The molecule has 0 aliphatic rings. The Morgan fingerprint density at radius 1 is 1.55 bits per heavy atom. The molecule has 0 radical (unpaired) electrons. The first kappa shape index (κ1) is 8.99. The molecule has 0 bridgehead atoms. The van der Waals surface area contributed by atoms with Gasteiger partial charge in [0.15, 0.2) is 0 Å². The molecule has 0 aliphatic carbocycles. The van der Waals surface area contributed by atoms with E-state index >= 15 is 0 Å². The van der Waals surface area contributed by atoms with E-state index in [0.29, 0.717) is 0 Å². The predicted octanol–water partition coefficient (Wildman–Crippen LogP) is 2.34. The molecule has 0 atom stereocenters. The number of hydrogen-bond donors (Lipinski definition) is 2. The molecule has 0 amide bonds. The first-order valence-electron chi connectivity index (χ1n) is 2.90. The van der Waals surface area contributed by atoms with Crippen LogP contribution in [0.15, 0.2) is 22.7 Å². The number of benzene rings is 1. The van der Waals surface area contributed by atoms with E-state index in [1.54, 1.807) is 0 Å². The molecular weight excluding hydrogens is 319 g/mol. The average Bonchev–Trinajstić information content (AvgIpc) is 1.85. The van der Waals surface area contributed by atoms with Gasteiger partial charge >= 0.3 is 0 Å². The number of amidine groups is 1. The first-order chi connectivity index (χ1) is 5.11. The fraction of sp³-hybridized carbons (Fsp3) is 0. The van der Waals surface area contributed by atoms with E-state index in [9.17, 15) is 0 Å². The van der Waals surface area contributed by atoms with Crippen LogP contribution in [0.25, 0.3) is 0 Å². The molecule has 0 unspecified atom stereocenters. The van der Waals surface area contributed by atoms with Gasteiger partial charge in [-0.3, -0.25) is 5.41 Å². The number of halogens is 2. The van der Waals surface area contributed by atoms with Crippen LogP contribution >= 0.6 is 38.5 Å². The van der Waals surface area contributed by atoms with Crippen LogP contribution in [-0.4, -0.2) is 5.84 Å². The van der Waals surface area contributed by atoms with E-state index in [4.69, 9.17) is 11.1 Å². The maximum Gasteiger partial charge on any atom is 0.123 e. The fourth-order valence-corrected chi connectivity index (χ4v) is 2.30. The highest BCUT2D eigenvalue weighted by atomic mass is 127. The van der Waals surface area contributed by atoms with Crippen molar-refractivity contribution in [2.24, 2.45) is 5.73 Å². The number of nitrogens with two attached hydrogens (primary N) is 1. The van der Waals surface area contributed by atoms with Crippen molar-refractivity contribution in [3.63, 3.8) is 0 Å². The maximum atomic E-state index is 7.20. The molecule has 1 aromatic rings. The molecule has 0 fully saturated rings. The van der Waals surface area contributed by atoms with Gasteiger partial charge < -0.3 is 5.73 Å². The Labute approximate surface area is 87.0 Å². The van der Waals surface area contributed by atoms with Crippen molar-refractivity contribution >= 4 is 44.4 Å². The lowest BCUT2D eigenvalue weighted by molar-refractivity contribution is 1.40. The van der Waals surface area contributed by atoms with Gasteiger partial charge in [0.25, 0.3) is 0 Å². The summed E-state index contributed by atoms with van der Waals surface area (Å²) in [6, 6.07) is 5.63. The van der Waals surface area contributed by atoms with Crippen LogP contribution in [-0.2, 0) is 0 Å². The minimum atomic E-state index is 0.113. The number of nitrogen functional groups attached to an aromatic ring is 1. The summed E-state index contributed by atoms with van der Waals surface area (Å²) in [4.78, 5) is 0. The Kier molecular flexibility index (Phi) is 2.89. The molecule has 1 rings (SSSR count). The molecule has 3 N–H and O–H groups in total. The topological polar surface area (TPSA) is 49.9 Å². The van der Waals surface area contributed by atoms with Crippen molar-refractivity contribution in [2.75, 3.05) is 0 Å². The molecule has 0 spiro atoms. The molecule has 4 heteroatoms. The summed E-state index contributed by atoms with van der Waals surface area (Å²) in [6.45, 7) is 0. The van der Waals surface area contributed by atoms with Crippen LogP contribution in [0.5, 0.6) is 0 Å². The van der Waals surface area contributed by atoms with E-state index < -0.39 is 0 Å². The van der Waals surface area contributed by atoms with Gasteiger partial charge in [-0.05, 0) is 40.8 Å². The molecule has 1 aromatic carbocycles. The molecule has 2 nitrogen and oxygen atoms in total. The van der Waals surface area contributed by atoms with Gasteiger partial charge in [0.1, 0.15) is 5.84 Å². The lowest BCUT2D eigenvalue weighted by atomic mass is 10.2. The summed E-state index contributed by atoms with van der Waals surface area (Å²) in [5.41, 5.74) is 6.11. The van der Waals surface area contributed by atoms with E-state index in [1.165, 1.54) is 0 Å². The summed E-state index contributed by atoms with van der Waals surface area (Å²) in [5, 5.41) is 7.20. The minimum Gasteiger partial charge on any atom is -0.384 e. The van der Waals surface area contributed by atoms with Crippen LogP contribution in [0.3, 0.4) is 0 Å². The molecule has 0 heterocycles. The summed E-state index contributed by atoms with van der Waals surface area (Å²) in [7, 11) is 0. The Bertz CT molecular complexity index is 298. The normalized spacial score (nSPS) is 9.64. The zero-order valence-electron chi connectivity index (χ0n) is 5.57. The second-order valence-electron chi connectivity index (χ2n) is 2.04. The SMILES string of the molecule is N=C(N)c1ccc(Br)cc1I. The van der Waals surface area contributed by atoms with E-state index in [1.807, 2.05) is 18.2 Å². The lowest BCUT2D eigenvalue weighted by Gasteiger charge is -2.01. The summed E-state index contributed by atoms with van der Waals surface area (Å²) in [5.74, 6) is 0.113. The quantitative estimate of drug-likeness (QED) is 0.465. The lowest BCUT2D eigenvalue weighted by Crippen LogP contribution is -2.12. The van der Waals surface area contributed by atoms with Crippen molar-refractivity contribution in [1.29, 1.82) is 5.41 Å².